The molecule has 122 valence electrons. The number of carbonyl (C=O) groups is 2. The van der Waals surface area contributed by atoms with Crippen molar-refractivity contribution in [1.29, 1.82) is 0 Å². The van der Waals surface area contributed by atoms with Gasteiger partial charge >= 0.3 is 11.9 Å². The summed E-state index contributed by atoms with van der Waals surface area (Å²) in [7, 11) is -0.978. The number of furan rings is 1. The summed E-state index contributed by atoms with van der Waals surface area (Å²) in [4.78, 5) is 24.5. The average Bonchev–Trinajstić information content (AvgIpc) is 3.01. The van der Waals surface area contributed by atoms with Crippen LogP contribution in [0.5, 0.6) is 0 Å². The summed E-state index contributed by atoms with van der Waals surface area (Å²) >= 11 is 0. The van der Waals surface area contributed by atoms with Crippen LogP contribution in [0.4, 0.5) is 10.5 Å². The number of anilines is 1. The fraction of sp³-hybridized carbons (Fsp3) is 0.143. The van der Waals surface area contributed by atoms with Crippen molar-refractivity contribution < 1.29 is 22.4 Å². The molecule has 2 rings (SSSR count). The minimum atomic E-state index is -4.09. The zero-order chi connectivity index (χ0) is 17.0. The number of nitrogens with one attached hydrogen (secondary N) is 2. The number of benzene rings is 1. The normalized spacial score (nSPS) is 10.9. The van der Waals surface area contributed by atoms with E-state index in [0.29, 0.717) is 0 Å². The minimum Gasteiger partial charge on any atom is -0.459 e. The van der Waals surface area contributed by atoms with Crippen molar-refractivity contribution in [3.63, 3.8) is 0 Å². The highest BCUT2D eigenvalue weighted by Gasteiger charge is 2.20. The second-order valence-corrected chi connectivity index (χ2v) is 6.45. The van der Waals surface area contributed by atoms with Crippen LogP contribution >= 0.6 is 0 Å². The lowest BCUT2D eigenvalue weighted by molar-refractivity contribution is 0.0954. The van der Waals surface area contributed by atoms with Gasteiger partial charge < -0.3 is 14.6 Å². The first-order chi connectivity index (χ1) is 10.8. The number of sulfonamides is 1. The Bertz CT molecular complexity index is 813. The summed E-state index contributed by atoms with van der Waals surface area (Å²) in [6, 6.07) is 7.96. The van der Waals surface area contributed by atoms with Crippen LogP contribution in [-0.2, 0) is 10.0 Å². The molecular weight excluding hydrogens is 322 g/mol. The second kappa shape index (κ2) is 6.53. The Kier molecular flexibility index (Phi) is 4.70. The molecule has 0 saturated heterocycles. The molecule has 0 atom stereocenters. The Morgan fingerprint density at radius 1 is 1.13 bits per heavy atom. The summed E-state index contributed by atoms with van der Waals surface area (Å²) in [6.45, 7) is 0. The van der Waals surface area contributed by atoms with E-state index in [0.717, 1.165) is 0 Å². The number of hydrogen-bond donors (Lipinski definition) is 2. The highest BCUT2D eigenvalue weighted by Crippen LogP contribution is 2.16. The van der Waals surface area contributed by atoms with Gasteiger partial charge in [0, 0.05) is 19.8 Å². The molecule has 0 fully saturated rings. The van der Waals surface area contributed by atoms with Gasteiger partial charge in [0.05, 0.1) is 11.2 Å². The van der Waals surface area contributed by atoms with Crippen molar-refractivity contribution >= 4 is 27.6 Å². The summed E-state index contributed by atoms with van der Waals surface area (Å²) in [5.41, 5.74) is 0.289. The molecule has 1 aromatic carbocycles. The molecule has 0 bridgehead atoms. The quantitative estimate of drug-likeness (QED) is 0.878. The van der Waals surface area contributed by atoms with Crippen molar-refractivity contribution in [1.82, 2.24) is 9.62 Å². The van der Waals surface area contributed by atoms with E-state index in [-0.39, 0.29) is 16.3 Å². The van der Waals surface area contributed by atoms with Crippen LogP contribution in [0, 0.1) is 0 Å². The third-order valence-corrected chi connectivity index (χ3v) is 4.10. The van der Waals surface area contributed by atoms with Gasteiger partial charge in [0.2, 0.25) is 0 Å². The van der Waals surface area contributed by atoms with E-state index in [4.69, 9.17) is 4.42 Å². The highest BCUT2D eigenvalue weighted by atomic mass is 32.2. The Balaban J connectivity index is 2.20. The number of hydrogen-bond acceptors (Lipinski definition) is 5. The van der Waals surface area contributed by atoms with Gasteiger partial charge in [-0.1, -0.05) is 6.07 Å². The lowest BCUT2D eigenvalue weighted by Crippen LogP contribution is -2.30. The second-order valence-electron chi connectivity index (χ2n) is 4.76. The van der Waals surface area contributed by atoms with Crippen molar-refractivity contribution in [2.75, 3.05) is 19.4 Å². The molecule has 0 saturated carbocycles. The van der Waals surface area contributed by atoms with Crippen molar-refractivity contribution in [2.45, 2.75) is 4.90 Å². The summed E-state index contributed by atoms with van der Waals surface area (Å²) in [5, 5.41) is 2.53. The molecule has 8 nitrogen and oxygen atoms in total. The molecule has 0 radical (unpaired) electrons. The predicted molar refractivity (Wildman–Crippen MR) is 82.5 cm³/mol. The molecule has 3 amide bonds. The first-order valence-corrected chi connectivity index (χ1v) is 7.97. The molecule has 2 aromatic rings. The maximum Gasteiger partial charge on any atom is 0.321 e. The van der Waals surface area contributed by atoms with Gasteiger partial charge in [0.1, 0.15) is 0 Å². The van der Waals surface area contributed by atoms with Crippen LogP contribution < -0.4 is 10.0 Å². The first-order valence-electron chi connectivity index (χ1n) is 6.48. The predicted octanol–water partition coefficient (Wildman–Crippen LogP) is 1.49. The summed E-state index contributed by atoms with van der Waals surface area (Å²) < 4.78 is 31.2. The Morgan fingerprint density at radius 3 is 2.48 bits per heavy atom. The maximum absolute atomic E-state index is 12.2. The lowest BCUT2D eigenvalue weighted by atomic mass is 10.3. The molecule has 0 aliphatic rings. The van der Waals surface area contributed by atoms with Gasteiger partial charge in [-0.05, 0) is 30.3 Å². The van der Waals surface area contributed by atoms with E-state index >= 15 is 0 Å². The Hall–Kier alpha value is -2.81. The van der Waals surface area contributed by atoms with Crippen molar-refractivity contribution in [3.05, 3.63) is 48.4 Å². The third-order valence-electron chi connectivity index (χ3n) is 2.77. The molecule has 1 aromatic heterocycles. The van der Waals surface area contributed by atoms with E-state index in [9.17, 15) is 18.0 Å². The molecule has 0 unspecified atom stereocenters. The lowest BCUT2D eigenvalue weighted by Gasteiger charge is -2.13. The molecule has 9 heteroatoms. The van der Waals surface area contributed by atoms with Gasteiger partial charge in [-0.25, -0.2) is 17.9 Å². The molecular formula is C14H15N3O5S. The largest absolute Gasteiger partial charge is 0.459 e. The molecule has 1 heterocycles. The monoisotopic (exact) mass is 337 g/mol. The molecule has 2 N–H and O–H groups in total. The Morgan fingerprint density at radius 2 is 1.87 bits per heavy atom. The fourth-order valence-corrected chi connectivity index (χ4v) is 2.62. The molecule has 0 spiro atoms. The molecule has 0 aliphatic heterocycles. The zero-order valence-electron chi connectivity index (χ0n) is 12.4. The van der Waals surface area contributed by atoms with Gasteiger partial charge in [0.25, 0.3) is 10.0 Å². The van der Waals surface area contributed by atoms with Crippen molar-refractivity contribution in [2.24, 2.45) is 0 Å². The van der Waals surface area contributed by atoms with Gasteiger partial charge in [-0.15, -0.1) is 0 Å². The standard InChI is InChI=1S/C14H15N3O5S/c1-17(2)14(19)15-10-5-3-6-11(9-10)23(20,21)16-13(18)12-7-4-8-22-12/h3-9H,1-2H3,(H,15,19)(H,16,18). The average molecular weight is 337 g/mol. The number of amides is 3. The number of nitrogens with zero attached hydrogens (tertiary/aromatic N) is 1. The number of carbonyl (C=O) groups excluding carboxylic acids is 2. The molecule has 0 aliphatic carbocycles. The van der Waals surface area contributed by atoms with E-state index in [2.05, 4.69) is 5.32 Å². The minimum absolute atomic E-state index is 0.120. The van der Waals surface area contributed by atoms with E-state index in [1.165, 1.54) is 47.6 Å². The first kappa shape index (κ1) is 16.6. The summed E-state index contributed by atoms with van der Waals surface area (Å²) in [6.07, 6.45) is 1.26. The van der Waals surface area contributed by atoms with E-state index in [1.807, 2.05) is 4.72 Å². The van der Waals surface area contributed by atoms with Crippen LogP contribution in [0.15, 0.2) is 52.0 Å². The van der Waals surface area contributed by atoms with Crippen LogP contribution in [0.2, 0.25) is 0 Å². The fourth-order valence-electron chi connectivity index (χ4n) is 1.62. The highest BCUT2D eigenvalue weighted by molar-refractivity contribution is 7.90. The van der Waals surface area contributed by atoms with E-state index in [1.54, 1.807) is 14.1 Å². The smallest absolute Gasteiger partial charge is 0.321 e. The zero-order valence-corrected chi connectivity index (χ0v) is 13.3. The van der Waals surface area contributed by atoms with Gasteiger partial charge in [-0.2, -0.15) is 0 Å². The van der Waals surface area contributed by atoms with Crippen molar-refractivity contribution in [3.8, 4) is 0 Å². The number of urea groups is 1. The van der Waals surface area contributed by atoms with Gasteiger partial charge in [-0.3, -0.25) is 4.79 Å². The van der Waals surface area contributed by atoms with Crippen LogP contribution in [0.25, 0.3) is 0 Å². The topological polar surface area (TPSA) is 109 Å². The van der Waals surface area contributed by atoms with E-state index < -0.39 is 22.0 Å². The molecule has 23 heavy (non-hydrogen) atoms. The Labute approximate surface area is 133 Å². The van der Waals surface area contributed by atoms with Crippen LogP contribution in [0.1, 0.15) is 10.6 Å². The van der Waals surface area contributed by atoms with Gasteiger partial charge in [0.15, 0.2) is 5.76 Å². The number of rotatable bonds is 4. The van der Waals surface area contributed by atoms with Crippen LogP contribution in [-0.4, -0.2) is 39.4 Å². The third kappa shape index (κ3) is 4.10. The maximum atomic E-state index is 12.2. The SMILES string of the molecule is CN(C)C(=O)Nc1cccc(S(=O)(=O)NC(=O)c2ccco2)c1. The van der Waals surface area contributed by atoms with Crippen LogP contribution in [0.3, 0.4) is 0 Å². The summed E-state index contributed by atoms with van der Waals surface area (Å²) in [5.74, 6) is -0.997.